The number of benzene rings is 3. The standard InChI is InChI=1S/C26H21NO4S/c28-24(22-16-19-9-4-5-12-23(19)31-26(22)29)27-13-14-32-25(27)20-10-6-11-21(15-20)30-17-18-7-2-1-3-8-18/h1-12,15-16,25H,13-14,17H2. The average Bonchev–Trinajstić information content (AvgIpc) is 3.33. The van der Waals surface area contributed by atoms with Crippen molar-refractivity contribution in [2.45, 2.75) is 12.0 Å². The maximum absolute atomic E-state index is 13.3. The van der Waals surface area contributed by atoms with Crippen molar-refractivity contribution in [1.82, 2.24) is 4.90 Å². The normalized spacial score (nSPS) is 15.8. The minimum absolute atomic E-state index is 0.0627. The first-order valence-corrected chi connectivity index (χ1v) is 11.5. The van der Waals surface area contributed by atoms with Gasteiger partial charge in [0.1, 0.15) is 28.9 Å². The molecule has 2 heterocycles. The van der Waals surface area contributed by atoms with E-state index in [9.17, 15) is 9.59 Å². The first kappa shape index (κ1) is 20.4. The van der Waals surface area contributed by atoms with Crippen LogP contribution in [0.5, 0.6) is 5.75 Å². The molecule has 32 heavy (non-hydrogen) atoms. The summed E-state index contributed by atoms with van der Waals surface area (Å²) in [5.41, 5.74) is 1.99. The second-order valence-corrected chi connectivity index (χ2v) is 8.74. The molecule has 0 radical (unpaired) electrons. The van der Waals surface area contributed by atoms with Crippen molar-refractivity contribution in [2.24, 2.45) is 0 Å². The maximum Gasteiger partial charge on any atom is 0.349 e. The first-order valence-electron chi connectivity index (χ1n) is 10.4. The molecule has 1 aliphatic heterocycles. The van der Waals surface area contributed by atoms with Crippen LogP contribution in [0.3, 0.4) is 0 Å². The van der Waals surface area contributed by atoms with Gasteiger partial charge in [-0.3, -0.25) is 4.79 Å². The lowest BCUT2D eigenvalue weighted by molar-refractivity contribution is 0.0756. The Kier molecular flexibility index (Phi) is 5.69. The number of carbonyl (C=O) groups is 1. The molecule has 0 aliphatic carbocycles. The Morgan fingerprint density at radius 1 is 1.00 bits per heavy atom. The lowest BCUT2D eigenvalue weighted by Gasteiger charge is -2.24. The number of ether oxygens (including phenoxy) is 1. The number of nitrogens with zero attached hydrogens (tertiary/aromatic N) is 1. The minimum atomic E-state index is -0.607. The second kappa shape index (κ2) is 8.93. The van der Waals surface area contributed by atoms with E-state index in [1.54, 1.807) is 34.9 Å². The molecule has 1 fully saturated rings. The van der Waals surface area contributed by atoms with Crippen molar-refractivity contribution in [3.8, 4) is 5.75 Å². The number of hydrogen-bond acceptors (Lipinski definition) is 5. The molecule has 0 saturated carbocycles. The maximum atomic E-state index is 13.3. The van der Waals surface area contributed by atoms with Crippen molar-refractivity contribution < 1.29 is 13.9 Å². The Hall–Kier alpha value is -3.51. The van der Waals surface area contributed by atoms with Crippen molar-refractivity contribution in [2.75, 3.05) is 12.3 Å². The molecular formula is C26H21NO4S. The molecule has 0 spiro atoms. The van der Waals surface area contributed by atoms with Gasteiger partial charge in [-0.25, -0.2) is 4.79 Å². The van der Waals surface area contributed by atoms with Crippen molar-refractivity contribution in [1.29, 1.82) is 0 Å². The van der Waals surface area contributed by atoms with Gasteiger partial charge in [0.15, 0.2) is 0 Å². The fourth-order valence-corrected chi connectivity index (χ4v) is 5.06. The summed E-state index contributed by atoms with van der Waals surface area (Å²) in [5, 5.41) is 0.545. The number of hydrogen-bond donors (Lipinski definition) is 0. The molecule has 160 valence electrons. The van der Waals surface area contributed by atoms with Gasteiger partial charge in [0.25, 0.3) is 5.91 Å². The van der Waals surface area contributed by atoms with Crippen molar-refractivity contribution in [3.63, 3.8) is 0 Å². The van der Waals surface area contributed by atoms with E-state index in [4.69, 9.17) is 9.15 Å². The predicted octanol–water partition coefficient (Wildman–Crippen LogP) is 5.26. The van der Waals surface area contributed by atoms with E-state index in [2.05, 4.69) is 0 Å². The summed E-state index contributed by atoms with van der Waals surface area (Å²) in [6, 6.07) is 26.6. The molecular weight excluding hydrogens is 422 g/mol. The molecule has 5 nitrogen and oxygen atoms in total. The molecule has 4 aromatic rings. The number of fused-ring (bicyclic) bond motifs is 1. The summed E-state index contributed by atoms with van der Waals surface area (Å²) in [4.78, 5) is 27.6. The second-order valence-electron chi connectivity index (χ2n) is 7.55. The molecule has 0 bridgehead atoms. The molecule has 0 N–H and O–H groups in total. The van der Waals surface area contributed by atoms with Crippen LogP contribution in [0.1, 0.15) is 26.9 Å². The topological polar surface area (TPSA) is 59.8 Å². The summed E-state index contributed by atoms with van der Waals surface area (Å²) >= 11 is 1.68. The zero-order valence-electron chi connectivity index (χ0n) is 17.3. The lowest BCUT2D eigenvalue weighted by atomic mass is 10.1. The fourth-order valence-electron chi connectivity index (χ4n) is 3.82. The molecule has 1 unspecified atom stereocenters. The Morgan fingerprint density at radius 2 is 1.81 bits per heavy atom. The first-order chi connectivity index (χ1) is 15.7. The van der Waals surface area contributed by atoms with Crippen LogP contribution in [0.15, 0.2) is 94.1 Å². The number of rotatable bonds is 5. The molecule has 1 aromatic heterocycles. The van der Waals surface area contributed by atoms with E-state index in [1.807, 2.05) is 66.7 Å². The van der Waals surface area contributed by atoms with E-state index in [0.29, 0.717) is 18.7 Å². The van der Waals surface area contributed by atoms with Crippen LogP contribution in [-0.4, -0.2) is 23.1 Å². The van der Waals surface area contributed by atoms with Gasteiger partial charge in [-0.15, -0.1) is 11.8 Å². The highest BCUT2D eigenvalue weighted by molar-refractivity contribution is 7.99. The van der Waals surface area contributed by atoms with Gasteiger partial charge in [-0.1, -0.05) is 60.7 Å². The number of amides is 1. The quantitative estimate of drug-likeness (QED) is 0.394. The largest absolute Gasteiger partial charge is 0.489 e. The van der Waals surface area contributed by atoms with Gasteiger partial charge >= 0.3 is 5.63 Å². The highest BCUT2D eigenvalue weighted by Gasteiger charge is 2.33. The Labute approximate surface area is 189 Å². The third-order valence-electron chi connectivity index (χ3n) is 5.42. The third kappa shape index (κ3) is 4.14. The Morgan fingerprint density at radius 3 is 2.69 bits per heavy atom. The zero-order valence-corrected chi connectivity index (χ0v) is 18.1. The molecule has 5 rings (SSSR count). The minimum Gasteiger partial charge on any atom is -0.489 e. The van der Waals surface area contributed by atoms with Gasteiger partial charge in [-0.2, -0.15) is 0 Å². The summed E-state index contributed by atoms with van der Waals surface area (Å²) in [5.74, 6) is 1.23. The molecule has 1 saturated heterocycles. The molecule has 3 aromatic carbocycles. The van der Waals surface area contributed by atoms with Crippen LogP contribution in [0.25, 0.3) is 11.0 Å². The molecule has 6 heteroatoms. The van der Waals surface area contributed by atoms with Crippen LogP contribution in [0.4, 0.5) is 0 Å². The van der Waals surface area contributed by atoms with E-state index >= 15 is 0 Å². The smallest absolute Gasteiger partial charge is 0.349 e. The van der Waals surface area contributed by atoms with E-state index in [1.165, 1.54) is 0 Å². The predicted molar refractivity (Wildman–Crippen MR) is 126 cm³/mol. The summed E-state index contributed by atoms with van der Waals surface area (Å²) in [6.45, 7) is 1.04. The lowest BCUT2D eigenvalue weighted by Crippen LogP contribution is -2.33. The van der Waals surface area contributed by atoms with Crippen molar-refractivity contribution >= 4 is 28.6 Å². The zero-order chi connectivity index (χ0) is 21.9. The van der Waals surface area contributed by atoms with Gasteiger partial charge in [0.05, 0.1) is 0 Å². The van der Waals surface area contributed by atoms with Crippen LogP contribution in [0, 0.1) is 0 Å². The average molecular weight is 444 g/mol. The highest BCUT2D eigenvalue weighted by Crippen LogP contribution is 2.39. The van der Waals surface area contributed by atoms with Gasteiger partial charge < -0.3 is 14.1 Å². The molecule has 1 amide bonds. The Bertz CT molecular complexity index is 1320. The fraction of sp³-hybridized carbons (Fsp3) is 0.154. The van der Waals surface area contributed by atoms with Crippen LogP contribution < -0.4 is 10.4 Å². The number of thioether (sulfide) groups is 1. The van der Waals surface area contributed by atoms with E-state index < -0.39 is 5.63 Å². The highest BCUT2D eigenvalue weighted by atomic mass is 32.2. The van der Waals surface area contributed by atoms with Crippen LogP contribution in [0.2, 0.25) is 0 Å². The Balaban J connectivity index is 1.38. The number of carbonyl (C=O) groups excluding carboxylic acids is 1. The van der Waals surface area contributed by atoms with Gasteiger partial charge in [0, 0.05) is 17.7 Å². The summed E-state index contributed by atoms with van der Waals surface area (Å²) in [6.07, 6.45) is 0. The van der Waals surface area contributed by atoms with Gasteiger partial charge in [-0.05, 0) is 35.4 Å². The SMILES string of the molecule is O=C(c1cc2ccccc2oc1=O)N1CCSC1c1cccc(OCc2ccccc2)c1. The van der Waals surface area contributed by atoms with E-state index in [0.717, 1.165) is 28.0 Å². The van der Waals surface area contributed by atoms with E-state index in [-0.39, 0.29) is 16.8 Å². The van der Waals surface area contributed by atoms with Crippen LogP contribution >= 0.6 is 11.8 Å². The van der Waals surface area contributed by atoms with Crippen molar-refractivity contribution in [3.05, 3.63) is 112 Å². The molecule has 1 atom stereocenters. The summed E-state index contributed by atoms with van der Waals surface area (Å²) < 4.78 is 11.3. The monoisotopic (exact) mass is 443 g/mol. The molecule has 1 aliphatic rings. The third-order valence-corrected chi connectivity index (χ3v) is 6.68. The number of para-hydroxylation sites is 1. The summed E-state index contributed by atoms with van der Waals surface area (Å²) in [7, 11) is 0. The van der Waals surface area contributed by atoms with Crippen LogP contribution in [-0.2, 0) is 6.61 Å². The van der Waals surface area contributed by atoms with Gasteiger partial charge in [0.2, 0.25) is 0 Å².